The number of hydrogen-bond acceptors (Lipinski definition) is 4. The highest BCUT2D eigenvalue weighted by Gasteiger charge is 2.41. The number of nitrogens with one attached hydrogen (secondary N) is 2. The Hall–Kier alpha value is -1.11. The number of nitrogen functional groups attached to an aromatic ring is 1. The summed E-state index contributed by atoms with van der Waals surface area (Å²) < 4.78 is 27.3. The Morgan fingerprint density at radius 3 is 2.10 bits per heavy atom. The molecule has 2 fully saturated rings. The topological polar surface area (TPSA) is 84.2 Å². The summed E-state index contributed by atoms with van der Waals surface area (Å²) >= 11 is 0. The zero-order valence-electron chi connectivity index (χ0n) is 11.4. The molecule has 4 N–H and O–H groups in total. The lowest BCUT2D eigenvalue weighted by Crippen LogP contribution is -2.31. The van der Waals surface area contributed by atoms with Crippen LogP contribution < -0.4 is 16.0 Å². The lowest BCUT2D eigenvalue weighted by Gasteiger charge is -2.16. The summed E-state index contributed by atoms with van der Waals surface area (Å²) in [7, 11) is -3.41. The van der Waals surface area contributed by atoms with E-state index in [9.17, 15) is 8.42 Å². The first kappa shape index (κ1) is 13.9. The highest BCUT2D eigenvalue weighted by molar-refractivity contribution is 7.89. The monoisotopic (exact) mass is 295 g/mol. The van der Waals surface area contributed by atoms with Crippen molar-refractivity contribution < 1.29 is 8.42 Å². The van der Waals surface area contributed by atoms with Gasteiger partial charge in [0.2, 0.25) is 10.0 Å². The highest BCUT2D eigenvalue weighted by atomic mass is 32.2. The van der Waals surface area contributed by atoms with Crippen molar-refractivity contribution >= 4 is 15.7 Å². The number of benzene rings is 1. The number of hydrazine groups is 1. The molecule has 1 aromatic carbocycles. The van der Waals surface area contributed by atoms with Crippen LogP contribution in [-0.2, 0) is 10.0 Å². The van der Waals surface area contributed by atoms with Crippen molar-refractivity contribution in [3.05, 3.63) is 24.3 Å². The van der Waals surface area contributed by atoms with Crippen LogP contribution in [0.2, 0.25) is 0 Å². The minimum atomic E-state index is -3.41. The average molecular weight is 295 g/mol. The number of sulfonamides is 1. The van der Waals surface area contributed by atoms with Crippen molar-refractivity contribution in [3.8, 4) is 0 Å². The van der Waals surface area contributed by atoms with Gasteiger partial charge in [-0.3, -0.25) is 5.84 Å². The summed E-state index contributed by atoms with van der Waals surface area (Å²) in [5.41, 5.74) is 3.18. The van der Waals surface area contributed by atoms with Crippen LogP contribution in [0.5, 0.6) is 0 Å². The Labute approximate surface area is 120 Å². The number of nitrogens with two attached hydrogens (primary N) is 1. The summed E-state index contributed by atoms with van der Waals surface area (Å²) in [6.07, 6.45) is 5.05. The van der Waals surface area contributed by atoms with Gasteiger partial charge < -0.3 is 5.43 Å². The third-order valence-electron chi connectivity index (χ3n) is 4.30. The molecule has 5 nitrogen and oxygen atoms in total. The molecule has 0 aromatic heterocycles. The lowest BCUT2D eigenvalue weighted by molar-refractivity contribution is 0.401. The molecule has 0 heterocycles. The normalized spacial score (nSPS) is 19.3. The van der Waals surface area contributed by atoms with Gasteiger partial charge in [0.25, 0.3) is 0 Å². The van der Waals surface area contributed by atoms with Crippen molar-refractivity contribution in [2.45, 2.75) is 30.6 Å². The molecule has 2 aliphatic carbocycles. The molecule has 0 saturated heterocycles. The molecule has 2 saturated carbocycles. The molecule has 0 radical (unpaired) electrons. The van der Waals surface area contributed by atoms with E-state index < -0.39 is 10.0 Å². The summed E-state index contributed by atoms with van der Waals surface area (Å²) in [5, 5.41) is 0. The minimum Gasteiger partial charge on any atom is -0.324 e. The molecule has 1 aromatic rings. The SMILES string of the molecule is NNc1ccc(S(=O)(=O)NCC(C2CC2)C2CC2)cc1. The van der Waals surface area contributed by atoms with Crippen LogP contribution in [0.1, 0.15) is 25.7 Å². The maximum atomic E-state index is 12.3. The molecule has 0 atom stereocenters. The minimum absolute atomic E-state index is 0.293. The van der Waals surface area contributed by atoms with Crippen LogP contribution in [0, 0.1) is 17.8 Å². The molecule has 20 heavy (non-hydrogen) atoms. The number of rotatable bonds is 7. The first-order chi connectivity index (χ1) is 9.60. The molecule has 110 valence electrons. The Balaban J connectivity index is 1.64. The van der Waals surface area contributed by atoms with Gasteiger partial charge in [-0.1, -0.05) is 0 Å². The largest absolute Gasteiger partial charge is 0.324 e. The Morgan fingerprint density at radius 2 is 1.65 bits per heavy atom. The summed E-state index contributed by atoms with van der Waals surface area (Å²) in [6.45, 7) is 0.578. The van der Waals surface area contributed by atoms with Gasteiger partial charge in [-0.05, 0) is 67.7 Å². The Bertz CT molecular complexity index is 551. The molecule has 3 rings (SSSR count). The quantitative estimate of drug-likeness (QED) is 0.528. The zero-order chi connectivity index (χ0) is 14.2. The third kappa shape index (κ3) is 3.13. The van der Waals surface area contributed by atoms with Crippen molar-refractivity contribution in [1.29, 1.82) is 0 Å². The van der Waals surface area contributed by atoms with E-state index >= 15 is 0 Å². The van der Waals surface area contributed by atoms with Crippen LogP contribution in [0.3, 0.4) is 0 Å². The molecule has 0 bridgehead atoms. The first-order valence-electron chi connectivity index (χ1n) is 7.16. The van der Waals surface area contributed by atoms with E-state index in [-0.39, 0.29) is 0 Å². The summed E-state index contributed by atoms with van der Waals surface area (Å²) in [6, 6.07) is 6.46. The highest BCUT2D eigenvalue weighted by Crippen LogP contribution is 2.48. The fourth-order valence-electron chi connectivity index (χ4n) is 2.79. The molecule has 2 aliphatic rings. The van der Waals surface area contributed by atoms with E-state index in [4.69, 9.17) is 5.84 Å². The molecule has 6 heteroatoms. The van der Waals surface area contributed by atoms with E-state index in [2.05, 4.69) is 10.1 Å². The smallest absolute Gasteiger partial charge is 0.240 e. The maximum absolute atomic E-state index is 12.3. The zero-order valence-corrected chi connectivity index (χ0v) is 12.2. The summed E-state index contributed by atoms with van der Waals surface area (Å²) in [5.74, 6) is 7.30. The van der Waals surface area contributed by atoms with Crippen LogP contribution in [0.15, 0.2) is 29.2 Å². The molecular weight excluding hydrogens is 274 g/mol. The predicted octanol–water partition coefficient (Wildman–Crippen LogP) is 1.69. The van der Waals surface area contributed by atoms with Gasteiger partial charge >= 0.3 is 0 Å². The van der Waals surface area contributed by atoms with Crippen molar-refractivity contribution in [2.24, 2.45) is 23.6 Å². The van der Waals surface area contributed by atoms with Crippen LogP contribution >= 0.6 is 0 Å². The van der Waals surface area contributed by atoms with Gasteiger partial charge in [-0.2, -0.15) is 0 Å². The van der Waals surface area contributed by atoms with E-state index in [0.29, 0.717) is 23.0 Å². The predicted molar refractivity (Wildman–Crippen MR) is 78.4 cm³/mol. The lowest BCUT2D eigenvalue weighted by atomic mass is 9.99. The molecule has 0 aliphatic heterocycles. The van der Waals surface area contributed by atoms with Gasteiger partial charge in [0.05, 0.1) is 4.90 Å². The van der Waals surface area contributed by atoms with E-state index in [1.807, 2.05) is 0 Å². The van der Waals surface area contributed by atoms with Crippen molar-refractivity contribution in [2.75, 3.05) is 12.0 Å². The van der Waals surface area contributed by atoms with Crippen molar-refractivity contribution in [1.82, 2.24) is 4.72 Å². The van der Waals surface area contributed by atoms with Gasteiger partial charge in [-0.25, -0.2) is 13.1 Å². The molecule has 0 amide bonds. The fraction of sp³-hybridized carbons (Fsp3) is 0.571. The fourth-order valence-corrected chi connectivity index (χ4v) is 3.86. The van der Waals surface area contributed by atoms with E-state index in [1.54, 1.807) is 24.3 Å². The van der Waals surface area contributed by atoms with Crippen LogP contribution in [-0.4, -0.2) is 15.0 Å². The second-order valence-electron chi connectivity index (χ2n) is 5.86. The van der Waals surface area contributed by atoms with Crippen molar-refractivity contribution in [3.63, 3.8) is 0 Å². The van der Waals surface area contributed by atoms with E-state index in [0.717, 1.165) is 11.8 Å². The number of anilines is 1. The van der Waals surface area contributed by atoms with Gasteiger partial charge in [0.15, 0.2) is 0 Å². The Morgan fingerprint density at radius 1 is 1.10 bits per heavy atom. The van der Waals surface area contributed by atoms with Gasteiger partial charge in [0.1, 0.15) is 0 Å². The van der Waals surface area contributed by atoms with Gasteiger partial charge in [0, 0.05) is 12.2 Å². The molecular formula is C14H21N3O2S. The van der Waals surface area contributed by atoms with E-state index in [1.165, 1.54) is 25.7 Å². The maximum Gasteiger partial charge on any atom is 0.240 e. The number of hydrogen-bond donors (Lipinski definition) is 3. The second kappa shape index (κ2) is 5.35. The second-order valence-corrected chi connectivity index (χ2v) is 7.63. The molecule has 0 spiro atoms. The first-order valence-corrected chi connectivity index (χ1v) is 8.65. The summed E-state index contributed by atoms with van der Waals surface area (Å²) in [4.78, 5) is 0.293. The average Bonchev–Trinajstić information content (AvgIpc) is 3.32. The third-order valence-corrected chi connectivity index (χ3v) is 5.73. The van der Waals surface area contributed by atoms with Crippen LogP contribution in [0.4, 0.5) is 5.69 Å². The van der Waals surface area contributed by atoms with Crippen LogP contribution in [0.25, 0.3) is 0 Å². The van der Waals surface area contributed by atoms with Gasteiger partial charge in [-0.15, -0.1) is 0 Å². The Kier molecular flexibility index (Phi) is 3.70. The standard InChI is InChI=1S/C14H21N3O2S/c15-17-12-5-7-13(8-6-12)20(18,19)16-9-14(10-1-2-10)11-3-4-11/h5-8,10-11,14,16-17H,1-4,9,15H2. The molecule has 0 unspecified atom stereocenters.